The smallest absolute Gasteiger partial charge is 0.280 e. The van der Waals surface area contributed by atoms with Crippen LogP contribution in [-0.2, 0) is 13.0 Å². The van der Waals surface area contributed by atoms with Crippen LogP contribution in [0.15, 0.2) is 24.3 Å². The molecule has 2 aliphatic rings. The molecule has 2 aromatic heterocycles. The molecule has 9 heteroatoms. The van der Waals surface area contributed by atoms with Gasteiger partial charge in [-0.3, -0.25) is 14.5 Å². The summed E-state index contributed by atoms with van der Waals surface area (Å²) in [5.41, 5.74) is 7.79. The highest BCUT2D eigenvalue weighted by Crippen LogP contribution is 2.33. The third kappa shape index (κ3) is 3.75. The van der Waals surface area contributed by atoms with Crippen molar-refractivity contribution in [3.05, 3.63) is 50.6 Å². The molecule has 7 nitrogen and oxygen atoms in total. The second kappa shape index (κ2) is 8.26. The number of likely N-dealkylation sites (N-methyl/N-ethyl adjacent to an activating group) is 1. The molecule has 0 saturated heterocycles. The van der Waals surface area contributed by atoms with Crippen molar-refractivity contribution in [3.63, 3.8) is 0 Å². The Morgan fingerprint density at radius 2 is 2.25 bits per heavy atom. The zero-order valence-corrected chi connectivity index (χ0v) is 19.5. The number of carbonyl (C=O) groups is 2. The molecule has 2 unspecified atom stereocenters. The number of aromatic amines is 1. The fourth-order valence-corrected chi connectivity index (χ4v) is 6.05. The third-order valence-electron chi connectivity index (χ3n) is 6.71. The normalized spacial score (nSPS) is 23.4. The summed E-state index contributed by atoms with van der Waals surface area (Å²) in [5.74, 6) is -0.435. The van der Waals surface area contributed by atoms with Crippen LogP contribution in [0.5, 0.6) is 0 Å². The van der Waals surface area contributed by atoms with Gasteiger partial charge in [0.05, 0.1) is 17.4 Å². The number of benzene rings is 1. The number of halogens is 1. The fourth-order valence-electron chi connectivity index (χ4n) is 4.82. The van der Waals surface area contributed by atoms with E-state index in [4.69, 9.17) is 17.3 Å². The van der Waals surface area contributed by atoms with E-state index in [9.17, 15) is 9.59 Å². The van der Waals surface area contributed by atoms with Gasteiger partial charge in [-0.15, -0.1) is 11.3 Å². The number of nitrogens with one attached hydrogen (secondary N) is 2. The molecule has 32 heavy (non-hydrogen) atoms. The van der Waals surface area contributed by atoms with Crippen LogP contribution in [0.1, 0.15) is 57.0 Å². The van der Waals surface area contributed by atoms with Crippen LogP contribution < -0.4 is 11.1 Å². The second-order valence-corrected chi connectivity index (χ2v) is 10.2. The largest absolute Gasteiger partial charge is 0.352 e. The SMILES string of the molecule is CCN1CCc2nc(C(=O)NC3CCCC3(N)C(=O)c3cc4cc(Cl)ccc4[nH]3)sc2C1. The molecule has 0 spiro atoms. The maximum atomic E-state index is 13.4. The molecule has 3 aromatic rings. The number of Topliss-reactive ketones (excluding diaryl/α,β-unsaturated/α-hetero) is 1. The predicted octanol–water partition coefficient (Wildman–Crippen LogP) is 3.52. The van der Waals surface area contributed by atoms with Gasteiger partial charge in [-0.2, -0.15) is 0 Å². The molecule has 1 aliphatic carbocycles. The van der Waals surface area contributed by atoms with E-state index in [2.05, 4.69) is 27.1 Å². The Labute approximate surface area is 195 Å². The lowest BCUT2D eigenvalue weighted by Crippen LogP contribution is -2.60. The van der Waals surface area contributed by atoms with Gasteiger partial charge in [0.25, 0.3) is 5.91 Å². The topological polar surface area (TPSA) is 104 Å². The fraction of sp³-hybridized carbons (Fsp3) is 0.435. The van der Waals surface area contributed by atoms with E-state index in [0.717, 1.165) is 53.9 Å². The zero-order chi connectivity index (χ0) is 22.5. The molecule has 1 saturated carbocycles. The van der Waals surface area contributed by atoms with Crippen molar-refractivity contribution in [2.24, 2.45) is 5.73 Å². The first-order valence-corrected chi connectivity index (χ1v) is 12.2. The number of nitrogens with two attached hydrogens (primary N) is 1. The Bertz CT molecular complexity index is 1200. The highest BCUT2D eigenvalue weighted by molar-refractivity contribution is 7.13. The Balaban J connectivity index is 1.35. The number of rotatable bonds is 5. The van der Waals surface area contributed by atoms with Crippen LogP contribution in [0.2, 0.25) is 5.02 Å². The number of hydrogen-bond acceptors (Lipinski definition) is 6. The van der Waals surface area contributed by atoms with Crippen LogP contribution in [0, 0.1) is 0 Å². The van der Waals surface area contributed by atoms with Gasteiger partial charge in [0.1, 0.15) is 5.54 Å². The minimum absolute atomic E-state index is 0.190. The number of nitrogens with zero attached hydrogens (tertiary/aromatic N) is 2. The highest BCUT2D eigenvalue weighted by Gasteiger charge is 2.47. The maximum Gasteiger partial charge on any atom is 0.280 e. The molecule has 1 amide bonds. The maximum absolute atomic E-state index is 13.4. The first kappa shape index (κ1) is 21.6. The van der Waals surface area contributed by atoms with Crippen molar-refractivity contribution in [2.75, 3.05) is 13.1 Å². The minimum atomic E-state index is -1.16. The number of H-pyrrole nitrogens is 1. The van der Waals surface area contributed by atoms with E-state index in [1.54, 1.807) is 12.1 Å². The Kier molecular flexibility index (Phi) is 5.57. The van der Waals surface area contributed by atoms with Gasteiger partial charge in [0, 0.05) is 40.3 Å². The summed E-state index contributed by atoms with van der Waals surface area (Å²) in [6.07, 6.45) is 2.82. The number of hydrogen-bond donors (Lipinski definition) is 3. The Morgan fingerprint density at radius 1 is 1.41 bits per heavy atom. The molecule has 1 aromatic carbocycles. The van der Waals surface area contributed by atoms with Crippen molar-refractivity contribution in [2.45, 2.75) is 50.7 Å². The van der Waals surface area contributed by atoms with Gasteiger partial charge in [-0.05, 0) is 50.1 Å². The van der Waals surface area contributed by atoms with Crippen LogP contribution >= 0.6 is 22.9 Å². The number of fused-ring (bicyclic) bond motifs is 2. The number of aromatic nitrogens is 2. The van der Waals surface area contributed by atoms with Crippen LogP contribution in [-0.4, -0.2) is 51.2 Å². The lowest BCUT2D eigenvalue weighted by Gasteiger charge is -2.30. The van der Waals surface area contributed by atoms with Crippen molar-refractivity contribution in [1.82, 2.24) is 20.2 Å². The summed E-state index contributed by atoms with van der Waals surface area (Å²) in [5, 5.41) is 4.95. The quantitative estimate of drug-likeness (QED) is 0.494. The highest BCUT2D eigenvalue weighted by atomic mass is 35.5. The van der Waals surface area contributed by atoms with E-state index >= 15 is 0 Å². The first-order chi connectivity index (χ1) is 15.4. The molecule has 4 N–H and O–H groups in total. The van der Waals surface area contributed by atoms with Crippen molar-refractivity contribution in [3.8, 4) is 0 Å². The molecule has 0 radical (unpaired) electrons. The molecule has 2 atom stereocenters. The average molecular weight is 472 g/mol. The van der Waals surface area contributed by atoms with E-state index in [-0.39, 0.29) is 11.7 Å². The third-order valence-corrected chi connectivity index (χ3v) is 8.03. The van der Waals surface area contributed by atoms with E-state index in [0.29, 0.717) is 28.6 Å². The van der Waals surface area contributed by atoms with E-state index < -0.39 is 11.6 Å². The van der Waals surface area contributed by atoms with E-state index in [1.165, 1.54) is 11.3 Å². The van der Waals surface area contributed by atoms with Gasteiger partial charge >= 0.3 is 0 Å². The van der Waals surface area contributed by atoms with Crippen molar-refractivity contribution >= 4 is 45.5 Å². The summed E-state index contributed by atoms with van der Waals surface area (Å²) in [7, 11) is 0. The summed E-state index contributed by atoms with van der Waals surface area (Å²) >= 11 is 7.52. The predicted molar refractivity (Wildman–Crippen MR) is 126 cm³/mol. The monoisotopic (exact) mass is 471 g/mol. The summed E-state index contributed by atoms with van der Waals surface area (Å²) in [6.45, 7) is 4.93. The van der Waals surface area contributed by atoms with Gasteiger partial charge in [0.15, 0.2) is 5.01 Å². The van der Waals surface area contributed by atoms with Gasteiger partial charge in [-0.25, -0.2) is 4.98 Å². The molecule has 1 aliphatic heterocycles. The lowest BCUT2D eigenvalue weighted by atomic mass is 9.87. The number of ketones is 1. The zero-order valence-electron chi connectivity index (χ0n) is 17.9. The molecule has 0 bridgehead atoms. The molecule has 3 heterocycles. The number of carbonyl (C=O) groups excluding carboxylic acids is 2. The molecular weight excluding hydrogens is 446 g/mol. The average Bonchev–Trinajstić information content (AvgIpc) is 3.49. The molecule has 1 fully saturated rings. The van der Waals surface area contributed by atoms with Gasteiger partial charge in [-0.1, -0.05) is 18.5 Å². The summed E-state index contributed by atoms with van der Waals surface area (Å²) in [4.78, 5) is 37.7. The van der Waals surface area contributed by atoms with Crippen LogP contribution in [0.3, 0.4) is 0 Å². The summed E-state index contributed by atoms with van der Waals surface area (Å²) < 4.78 is 0. The van der Waals surface area contributed by atoms with Gasteiger partial charge < -0.3 is 16.0 Å². The van der Waals surface area contributed by atoms with Crippen LogP contribution in [0.25, 0.3) is 10.9 Å². The molecule has 168 valence electrons. The van der Waals surface area contributed by atoms with Gasteiger partial charge in [0.2, 0.25) is 5.78 Å². The second-order valence-electron chi connectivity index (χ2n) is 8.71. The number of thiazole rings is 1. The van der Waals surface area contributed by atoms with E-state index in [1.807, 2.05) is 12.1 Å². The minimum Gasteiger partial charge on any atom is -0.352 e. The molecule has 5 rings (SSSR count). The number of amides is 1. The molecular formula is C23H26ClN5O2S. The van der Waals surface area contributed by atoms with Crippen LogP contribution in [0.4, 0.5) is 0 Å². The Morgan fingerprint density at radius 3 is 3.06 bits per heavy atom. The first-order valence-electron chi connectivity index (χ1n) is 11.0. The Hall–Kier alpha value is -2.26. The summed E-state index contributed by atoms with van der Waals surface area (Å²) in [6, 6.07) is 6.77. The standard InChI is InChI=1S/C23H26ClN5O2S/c1-2-29-9-7-16-18(12-29)32-22(27-16)21(31)28-19-4-3-8-23(19,25)20(30)17-11-13-10-14(24)5-6-15(13)26-17/h5-6,10-11,19,26H,2-4,7-9,12,25H2,1H3,(H,28,31). The van der Waals surface area contributed by atoms with Crippen molar-refractivity contribution < 1.29 is 9.59 Å². The lowest BCUT2D eigenvalue weighted by molar-refractivity contribution is 0.0831. The van der Waals surface area contributed by atoms with Crippen molar-refractivity contribution in [1.29, 1.82) is 0 Å².